The maximum atomic E-state index is 13.3. The van der Waals surface area contributed by atoms with Crippen LogP contribution in [0.25, 0.3) is 11.1 Å². The van der Waals surface area contributed by atoms with Gasteiger partial charge < -0.3 is 15.7 Å². The number of aliphatic carboxylic acids is 1. The lowest BCUT2D eigenvalue weighted by Crippen LogP contribution is -2.37. The summed E-state index contributed by atoms with van der Waals surface area (Å²) in [5.41, 5.74) is 5.29. The number of nitrogens with zero attached hydrogens (tertiary/aromatic N) is 1. The number of anilines is 2. The van der Waals surface area contributed by atoms with Crippen LogP contribution in [-0.4, -0.2) is 30.7 Å². The molecule has 0 fully saturated rings. The Labute approximate surface area is 237 Å². The van der Waals surface area contributed by atoms with E-state index in [2.05, 4.69) is 17.6 Å². The second-order valence-corrected chi connectivity index (χ2v) is 9.51. The number of rotatable bonds is 14. The number of carbonyl (C=O) groups excluding carboxylic acids is 1. The van der Waals surface area contributed by atoms with Gasteiger partial charge in [-0.1, -0.05) is 69.0 Å². The standard InChI is InChI=1S/C31H38FN3O3.ClH/c1-3-4-5-6-7-19-33-31(38)35(2)27-10-8-9-25(21-27)28-17-13-23(14-18-30(36)37)20-29(28)34-22-24-11-15-26(32)16-12-24;/h8-13,15-17,20-21,34H,3-7,14,18-19,22H2,1-2H3,(H,33,38)(H,36,37);1H. The van der Waals surface area contributed by atoms with Gasteiger partial charge in [-0.2, -0.15) is 0 Å². The number of urea groups is 1. The fraction of sp³-hybridized carbons (Fsp3) is 0.355. The number of nitrogens with one attached hydrogen (secondary N) is 2. The van der Waals surface area contributed by atoms with Gasteiger partial charge in [-0.3, -0.25) is 9.69 Å². The maximum absolute atomic E-state index is 13.3. The van der Waals surface area contributed by atoms with Crippen molar-refractivity contribution in [1.82, 2.24) is 5.32 Å². The third-order valence-electron chi connectivity index (χ3n) is 6.51. The number of halogens is 2. The van der Waals surface area contributed by atoms with Gasteiger partial charge in [0.2, 0.25) is 0 Å². The number of aryl methyl sites for hydroxylation is 1. The van der Waals surface area contributed by atoms with Crippen LogP contribution in [0.15, 0.2) is 66.7 Å². The van der Waals surface area contributed by atoms with Gasteiger partial charge in [0.25, 0.3) is 0 Å². The van der Waals surface area contributed by atoms with Crippen molar-refractivity contribution in [2.45, 2.75) is 58.4 Å². The van der Waals surface area contributed by atoms with E-state index in [-0.39, 0.29) is 30.7 Å². The number of carbonyl (C=O) groups is 2. The lowest BCUT2D eigenvalue weighted by molar-refractivity contribution is -0.136. The molecule has 0 spiro atoms. The molecule has 0 unspecified atom stereocenters. The molecule has 0 aliphatic rings. The molecule has 3 aromatic carbocycles. The molecule has 0 radical (unpaired) electrons. The van der Waals surface area contributed by atoms with E-state index in [1.807, 2.05) is 42.5 Å². The molecule has 0 aromatic heterocycles. The van der Waals surface area contributed by atoms with E-state index >= 15 is 0 Å². The predicted octanol–water partition coefficient (Wildman–Crippen LogP) is 7.66. The Morgan fingerprint density at radius 2 is 1.64 bits per heavy atom. The lowest BCUT2D eigenvalue weighted by Gasteiger charge is -2.20. The molecule has 3 aromatic rings. The highest BCUT2D eigenvalue weighted by Gasteiger charge is 2.13. The zero-order valence-corrected chi connectivity index (χ0v) is 23.5. The van der Waals surface area contributed by atoms with Crippen LogP contribution in [0.2, 0.25) is 0 Å². The monoisotopic (exact) mass is 555 g/mol. The average molecular weight is 556 g/mol. The average Bonchev–Trinajstić information content (AvgIpc) is 2.93. The summed E-state index contributed by atoms with van der Waals surface area (Å²) in [6.45, 7) is 3.32. The van der Waals surface area contributed by atoms with E-state index in [1.165, 1.54) is 31.4 Å². The van der Waals surface area contributed by atoms with Crippen LogP contribution in [0.3, 0.4) is 0 Å². The molecule has 0 bridgehead atoms. The van der Waals surface area contributed by atoms with Crippen LogP contribution in [0.4, 0.5) is 20.6 Å². The summed E-state index contributed by atoms with van der Waals surface area (Å²) in [4.78, 5) is 25.4. The number of unbranched alkanes of at least 4 members (excludes halogenated alkanes) is 4. The van der Waals surface area contributed by atoms with Crippen molar-refractivity contribution in [2.24, 2.45) is 0 Å². The molecule has 6 nitrogen and oxygen atoms in total. The zero-order valence-electron chi connectivity index (χ0n) is 22.7. The van der Waals surface area contributed by atoms with Gasteiger partial charge in [0.05, 0.1) is 0 Å². The Bertz CT molecular complexity index is 1200. The zero-order chi connectivity index (χ0) is 27.3. The van der Waals surface area contributed by atoms with Gasteiger partial charge in [-0.15, -0.1) is 12.4 Å². The van der Waals surface area contributed by atoms with Crippen molar-refractivity contribution in [3.8, 4) is 11.1 Å². The normalized spacial score (nSPS) is 10.4. The number of carboxylic acid groups (broad SMARTS) is 1. The minimum atomic E-state index is -0.843. The summed E-state index contributed by atoms with van der Waals surface area (Å²) >= 11 is 0. The first-order valence-corrected chi connectivity index (χ1v) is 13.3. The maximum Gasteiger partial charge on any atom is 0.321 e. The Morgan fingerprint density at radius 1 is 0.923 bits per heavy atom. The first-order valence-electron chi connectivity index (χ1n) is 13.3. The van der Waals surface area contributed by atoms with Gasteiger partial charge >= 0.3 is 12.0 Å². The Morgan fingerprint density at radius 3 is 2.36 bits per heavy atom. The van der Waals surface area contributed by atoms with E-state index < -0.39 is 5.97 Å². The van der Waals surface area contributed by atoms with E-state index in [0.717, 1.165) is 46.5 Å². The summed E-state index contributed by atoms with van der Waals surface area (Å²) in [5.74, 6) is -1.13. The molecule has 0 aliphatic heterocycles. The minimum absolute atomic E-state index is 0. The number of hydrogen-bond acceptors (Lipinski definition) is 3. The highest BCUT2D eigenvalue weighted by molar-refractivity contribution is 5.92. The van der Waals surface area contributed by atoms with Crippen LogP contribution in [0, 0.1) is 5.82 Å². The van der Waals surface area contributed by atoms with Gasteiger partial charge in [0, 0.05) is 43.5 Å². The van der Waals surface area contributed by atoms with E-state index in [1.54, 1.807) is 24.1 Å². The van der Waals surface area contributed by atoms with Crippen LogP contribution in [-0.2, 0) is 17.8 Å². The Kier molecular flexibility index (Phi) is 13.3. The predicted molar refractivity (Wildman–Crippen MR) is 159 cm³/mol. The second kappa shape index (κ2) is 16.4. The van der Waals surface area contributed by atoms with E-state index in [4.69, 9.17) is 5.11 Å². The Balaban J connectivity index is 0.00000533. The fourth-order valence-electron chi connectivity index (χ4n) is 4.24. The van der Waals surface area contributed by atoms with Gasteiger partial charge in [0.1, 0.15) is 5.82 Å². The molecule has 39 heavy (non-hydrogen) atoms. The summed E-state index contributed by atoms with van der Waals surface area (Å²) < 4.78 is 13.3. The summed E-state index contributed by atoms with van der Waals surface area (Å²) in [5, 5.41) is 15.5. The van der Waals surface area contributed by atoms with Crippen molar-refractivity contribution in [3.05, 3.63) is 83.7 Å². The molecule has 0 atom stereocenters. The number of benzene rings is 3. The summed E-state index contributed by atoms with van der Waals surface area (Å²) in [7, 11) is 1.76. The molecule has 0 aliphatic carbocycles. The summed E-state index contributed by atoms with van der Waals surface area (Å²) in [6.07, 6.45) is 6.16. The highest BCUT2D eigenvalue weighted by Crippen LogP contribution is 2.32. The number of carboxylic acids is 1. The van der Waals surface area contributed by atoms with Crippen molar-refractivity contribution in [2.75, 3.05) is 23.8 Å². The molecule has 2 amide bonds. The van der Waals surface area contributed by atoms with Gasteiger partial charge in [0.15, 0.2) is 0 Å². The van der Waals surface area contributed by atoms with Crippen LogP contribution in [0.1, 0.15) is 56.6 Å². The molecule has 0 saturated carbocycles. The number of amides is 2. The smallest absolute Gasteiger partial charge is 0.321 e. The fourth-order valence-corrected chi connectivity index (χ4v) is 4.24. The first kappa shape index (κ1) is 31.6. The third kappa shape index (κ3) is 10.2. The van der Waals surface area contributed by atoms with Crippen LogP contribution in [0.5, 0.6) is 0 Å². The largest absolute Gasteiger partial charge is 0.481 e. The third-order valence-corrected chi connectivity index (χ3v) is 6.51. The molecule has 8 heteroatoms. The van der Waals surface area contributed by atoms with Crippen LogP contribution >= 0.6 is 12.4 Å². The van der Waals surface area contributed by atoms with E-state index in [0.29, 0.717) is 19.5 Å². The SMILES string of the molecule is CCCCCCCNC(=O)N(C)c1cccc(-c2ccc(CCC(=O)O)cc2NCc2ccc(F)cc2)c1.Cl. The molecule has 3 rings (SSSR count). The number of hydrogen-bond donors (Lipinski definition) is 3. The highest BCUT2D eigenvalue weighted by atomic mass is 35.5. The topological polar surface area (TPSA) is 81.7 Å². The van der Waals surface area contributed by atoms with Crippen molar-refractivity contribution in [1.29, 1.82) is 0 Å². The minimum Gasteiger partial charge on any atom is -0.481 e. The molecular formula is C31H39ClFN3O3. The van der Waals surface area contributed by atoms with Gasteiger partial charge in [-0.05, 0) is 59.9 Å². The van der Waals surface area contributed by atoms with Crippen LogP contribution < -0.4 is 15.5 Å². The van der Waals surface area contributed by atoms with Gasteiger partial charge in [-0.25, -0.2) is 9.18 Å². The second-order valence-electron chi connectivity index (χ2n) is 9.51. The van der Waals surface area contributed by atoms with Crippen molar-refractivity contribution in [3.63, 3.8) is 0 Å². The Hall–Kier alpha value is -3.58. The van der Waals surface area contributed by atoms with Crippen molar-refractivity contribution < 1.29 is 19.1 Å². The van der Waals surface area contributed by atoms with Crippen molar-refractivity contribution >= 4 is 35.8 Å². The molecular weight excluding hydrogens is 517 g/mol. The molecule has 3 N–H and O–H groups in total. The first-order chi connectivity index (χ1) is 18.4. The quantitative estimate of drug-likeness (QED) is 0.178. The summed E-state index contributed by atoms with van der Waals surface area (Å²) in [6, 6.07) is 19.8. The molecule has 0 saturated heterocycles. The molecule has 210 valence electrons. The molecule has 0 heterocycles. The van der Waals surface area contributed by atoms with E-state index in [9.17, 15) is 14.0 Å². The lowest BCUT2D eigenvalue weighted by atomic mass is 9.98.